The molecule has 2 amide bonds. The molecule has 1 saturated heterocycles. The number of carbonyl (C=O) groups excluding carboxylic acids is 5. The maximum Gasteiger partial charge on any atom is 0.516 e. The van der Waals surface area contributed by atoms with E-state index in [0.717, 1.165) is 28.0 Å². The number of amides is 2. The number of fused-ring (bicyclic) bond motifs is 1. The maximum atomic E-state index is 13.3. The van der Waals surface area contributed by atoms with E-state index in [1.165, 1.54) is 36.6 Å². The molecule has 0 aromatic carbocycles. The van der Waals surface area contributed by atoms with Crippen molar-refractivity contribution < 1.29 is 42.7 Å². The van der Waals surface area contributed by atoms with E-state index in [2.05, 4.69) is 15.5 Å². The SMILES string of the molecule is CO/N=C(\C(=O)N[C@@H]1C(=O)N2C(C(=O)OC(=O)OCC(C)C)=C(CSC(=O)c3ccco3)CS[C@H]12)c1csc(N)n1. The molecule has 17 heteroatoms. The van der Waals surface area contributed by atoms with Crippen LogP contribution < -0.4 is 11.1 Å². The number of esters is 1. The van der Waals surface area contributed by atoms with Gasteiger partial charge in [0.2, 0.25) is 0 Å². The van der Waals surface area contributed by atoms with Crippen LogP contribution in [0.5, 0.6) is 0 Å². The van der Waals surface area contributed by atoms with E-state index in [0.29, 0.717) is 5.57 Å². The lowest BCUT2D eigenvalue weighted by Gasteiger charge is -2.49. The number of nitrogens with two attached hydrogens (primary N) is 1. The summed E-state index contributed by atoms with van der Waals surface area (Å²) in [5, 5.41) is 6.94. The summed E-state index contributed by atoms with van der Waals surface area (Å²) in [6, 6.07) is 2.03. The van der Waals surface area contributed by atoms with Crippen LogP contribution >= 0.6 is 34.9 Å². The zero-order chi connectivity index (χ0) is 29.7. The highest BCUT2D eigenvalue weighted by Gasteiger charge is 2.55. The van der Waals surface area contributed by atoms with Gasteiger partial charge in [-0.3, -0.25) is 19.3 Å². The Morgan fingerprint density at radius 1 is 1.34 bits per heavy atom. The molecule has 1 fully saturated rings. The minimum Gasteiger partial charge on any atom is -0.460 e. The van der Waals surface area contributed by atoms with E-state index < -0.39 is 35.4 Å². The number of rotatable bonds is 10. The number of carbonyl (C=O) groups is 5. The lowest BCUT2D eigenvalue weighted by Crippen LogP contribution is -2.71. The number of nitrogen functional groups attached to an aromatic ring is 1. The van der Waals surface area contributed by atoms with Gasteiger partial charge in [0.15, 0.2) is 16.6 Å². The van der Waals surface area contributed by atoms with Crippen molar-refractivity contribution in [1.29, 1.82) is 0 Å². The van der Waals surface area contributed by atoms with Crippen LogP contribution in [-0.2, 0) is 28.7 Å². The summed E-state index contributed by atoms with van der Waals surface area (Å²) in [5.41, 5.74) is 5.83. The number of oxime groups is 1. The van der Waals surface area contributed by atoms with Gasteiger partial charge in [0.25, 0.3) is 16.9 Å². The molecule has 0 spiro atoms. The minimum absolute atomic E-state index is 0.000456. The number of β-lactam (4-membered cyclic amide) rings is 1. The first-order chi connectivity index (χ1) is 19.6. The first kappa shape index (κ1) is 30.1. The summed E-state index contributed by atoms with van der Waals surface area (Å²) < 4.78 is 14.9. The van der Waals surface area contributed by atoms with Gasteiger partial charge < -0.3 is 29.8 Å². The van der Waals surface area contributed by atoms with Gasteiger partial charge in [-0.05, 0) is 23.6 Å². The smallest absolute Gasteiger partial charge is 0.460 e. The summed E-state index contributed by atoms with van der Waals surface area (Å²) >= 11 is 3.22. The normalized spacial score (nSPS) is 18.5. The lowest BCUT2D eigenvalue weighted by atomic mass is 10.0. The number of furan rings is 1. The van der Waals surface area contributed by atoms with Crippen molar-refractivity contribution in [1.82, 2.24) is 15.2 Å². The number of aromatic nitrogens is 1. The fourth-order valence-electron chi connectivity index (χ4n) is 3.69. The molecule has 2 atom stereocenters. The molecule has 218 valence electrons. The Labute approximate surface area is 246 Å². The van der Waals surface area contributed by atoms with Gasteiger partial charge >= 0.3 is 12.1 Å². The molecule has 0 unspecified atom stereocenters. The average molecular weight is 624 g/mol. The highest BCUT2D eigenvalue weighted by molar-refractivity contribution is 8.14. The van der Waals surface area contributed by atoms with E-state index in [-0.39, 0.29) is 57.1 Å². The van der Waals surface area contributed by atoms with Gasteiger partial charge in [0, 0.05) is 16.9 Å². The largest absolute Gasteiger partial charge is 0.516 e. The number of hydrogen-bond acceptors (Lipinski definition) is 15. The molecular formula is C24H25N5O9S3. The molecule has 0 bridgehead atoms. The third-order valence-electron chi connectivity index (χ3n) is 5.50. The summed E-state index contributed by atoms with van der Waals surface area (Å²) in [5.74, 6) is -2.15. The first-order valence-corrected chi connectivity index (χ1v) is 14.9. The van der Waals surface area contributed by atoms with Crippen molar-refractivity contribution in [3.63, 3.8) is 0 Å². The molecular weight excluding hydrogens is 598 g/mol. The summed E-state index contributed by atoms with van der Waals surface area (Å²) in [6.07, 6.45) is 0.143. The summed E-state index contributed by atoms with van der Waals surface area (Å²) in [7, 11) is 1.25. The second-order valence-electron chi connectivity index (χ2n) is 8.90. The van der Waals surface area contributed by atoms with E-state index in [4.69, 9.17) is 24.5 Å². The molecule has 2 aromatic heterocycles. The Kier molecular flexibility index (Phi) is 9.72. The van der Waals surface area contributed by atoms with Crippen molar-refractivity contribution in [2.75, 3.05) is 31.0 Å². The van der Waals surface area contributed by atoms with Crippen LogP contribution in [-0.4, -0.2) is 81.3 Å². The van der Waals surface area contributed by atoms with Crippen molar-refractivity contribution in [3.8, 4) is 0 Å². The number of anilines is 1. The van der Waals surface area contributed by atoms with Crippen molar-refractivity contribution >= 4 is 74.8 Å². The van der Waals surface area contributed by atoms with Gasteiger partial charge in [0.05, 0.1) is 12.9 Å². The van der Waals surface area contributed by atoms with Gasteiger partial charge in [0.1, 0.15) is 29.9 Å². The molecule has 0 saturated carbocycles. The molecule has 2 aliphatic heterocycles. The van der Waals surface area contributed by atoms with Crippen LogP contribution in [0.1, 0.15) is 30.1 Å². The second-order valence-corrected chi connectivity index (χ2v) is 11.8. The van der Waals surface area contributed by atoms with E-state index in [9.17, 15) is 24.0 Å². The number of nitrogens with one attached hydrogen (secondary N) is 1. The minimum atomic E-state index is -1.22. The van der Waals surface area contributed by atoms with Gasteiger partial charge in [-0.15, -0.1) is 23.1 Å². The molecule has 3 N–H and O–H groups in total. The van der Waals surface area contributed by atoms with E-state index in [1.807, 2.05) is 13.8 Å². The predicted molar refractivity (Wildman–Crippen MR) is 150 cm³/mol. The maximum absolute atomic E-state index is 13.3. The van der Waals surface area contributed by atoms with Gasteiger partial charge in [-0.25, -0.2) is 14.6 Å². The Hall–Kier alpha value is -3.83. The Balaban J connectivity index is 1.53. The van der Waals surface area contributed by atoms with Gasteiger partial charge in [-0.1, -0.05) is 30.8 Å². The lowest BCUT2D eigenvalue weighted by molar-refractivity contribution is -0.151. The van der Waals surface area contributed by atoms with Crippen molar-refractivity contribution in [3.05, 3.63) is 46.5 Å². The molecule has 2 aromatic rings. The third-order valence-corrected chi connectivity index (χ3v) is 8.47. The van der Waals surface area contributed by atoms with Crippen molar-refractivity contribution in [2.45, 2.75) is 25.3 Å². The molecule has 4 rings (SSSR count). The number of nitrogens with zero attached hydrogens (tertiary/aromatic N) is 3. The highest BCUT2D eigenvalue weighted by atomic mass is 32.2. The number of ether oxygens (including phenoxy) is 2. The molecule has 4 heterocycles. The van der Waals surface area contributed by atoms with Gasteiger partial charge in [-0.2, -0.15) is 0 Å². The summed E-state index contributed by atoms with van der Waals surface area (Å²) in [4.78, 5) is 74.0. The van der Waals surface area contributed by atoms with Crippen molar-refractivity contribution in [2.24, 2.45) is 11.1 Å². The Morgan fingerprint density at radius 2 is 2.12 bits per heavy atom. The Bertz CT molecular complexity index is 1400. The number of hydrogen-bond donors (Lipinski definition) is 2. The van der Waals surface area contributed by atoms with Crippen LogP contribution in [0.3, 0.4) is 0 Å². The fourth-order valence-corrected chi connectivity index (χ4v) is 6.52. The highest BCUT2D eigenvalue weighted by Crippen LogP contribution is 2.41. The fraction of sp³-hybridized carbons (Fsp3) is 0.375. The standard InChI is InChI=1S/C24H25N5O9S3/c1-11(2)7-37-24(34)38-21(32)17-12(9-40-22(33)14-5-4-6-36-14)8-39-20-16(19(31)29(17)20)27-18(30)15(28-35-3)13-10-41-23(25)26-13/h4-6,10-11,16,20H,7-9H2,1-3H3,(H2,25,26)(H,27,30)/b28-15-/t16-,20-/m1/s1. The molecule has 41 heavy (non-hydrogen) atoms. The van der Waals surface area contributed by atoms with Crippen LogP contribution in [0.4, 0.5) is 9.93 Å². The zero-order valence-corrected chi connectivity index (χ0v) is 24.4. The van der Waals surface area contributed by atoms with Crippen LogP contribution in [0.2, 0.25) is 0 Å². The summed E-state index contributed by atoms with van der Waals surface area (Å²) in [6.45, 7) is 3.65. The monoisotopic (exact) mass is 623 g/mol. The van der Waals surface area contributed by atoms with E-state index in [1.54, 1.807) is 6.07 Å². The number of thioether (sulfide) groups is 2. The molecule has 2 aliphatic rings. The average Bonchev–Trinajstić information content (AvgIpc) is 3.63. The zero-order valence-electron chi connectivity index (χ0n) is 22.0. The van der Waals surface area contributed by atoms with Crippen LogP contribution in [0.25, 0.3) is 0 Å². The number of thiazole rings is 1. The Morgan fingerprint density at radius 3 is 2.76 bits per heavy atom. The van der Waals surface area contributed by atoms with E-state index >= 15 is 0 Å². The third kappa shape index (κ3) is 6.91. The topological polar surface area (TPSA) is 193 Å². The first-order valence-electron chi connectivity index (χ1n) is 12.0. The van der Waals surface area contributed by atoms with Crippen LogP contribution in [0, 0.1) is 5.92 Å². The second kappa shape index (κ2) is 13.2. The molecule has 0 radical (unpaired) electrons. The quantitative estimate of drug-likeness (QED) is 0.129. The van der Waals surface area contributed by atoms with Crippen LogP contribution in [0.15, 0.2) is 44.6 Å². The molecule has 0 aliphatic carbocycles. The molecule has 14 nitrogen and oxygen atoms in total. The predicted octanol–water partition coefficient (Wildman–Crippen LogP) is 2.23.